The van der Waals surface area contributed by atoms with Crippen LogP contribution in [-0.4, -0.2) is 36.5 Å². The third-order valence-corrected chi connectivity index (χ3v) is 6.71. The smallest absolute Gasteiger partial charge is 0.254 e. The molecule has 2 aliphatic rings. The summed E-state index contributed by atoms with van der Waals surface area (Å²) in [4.78, 5) is 15.2. The van der Waals surface area contributed by atoms with Gasteiger partial charge in [-0.3, -0.25) is 4.79 Å². The second-order valence-corrected chi connectivity index (χ2v) is 8.30. The lowest BCUT2D eigenvalue weighted by Crippen LogP contribution is -2.39. The van der Waals surface area contributed by atoms with E-state index in [1.807, 2.05) is 6.07 Å². The number of hydrogen-bond acceptors (Lipinski definition) is 2. The molecule has 2 aliphatic heterocycles. The lowest BCUT2D eigenvalue weighted by molar-refractivity contribution is 0.0737. The van der Waals surface area contributed by atoms with Gasteiger partial charge in [-0.1, -0.05) is 36.4 Å². The minimum absolute atomic E-state index is 0. The van der Waals surface area contributed by atoms with Crippen molar-refractivity contribution >= 4 is 29.1 Å². The monoisotopic (exact) mass is 406 g/mol. The van der Waals surface area contributed by atoms with Gasteiger partial charge >= 0.3 is 0 Å². The Kier molecular flexibility index (Phi) is 5.37. The number of carbonyl (C=O) groups is 1. The second kappa shape index (κ2) is 7.81. The zero-order valence-electron chi connectivity index (χ0n) is 16.9. The van der Waals surface area contributed by atoms with E-state index in [2.05, 4.69) is 72.6 Å². The molecule has 3 aromatic rings. The number of halogens is 1. The van der Waals surface area contributed by atoms with Gasteiger partial charge in [0.1, 0.15) is 0 Å². The lowest BCUT2D eigenvalue weighted by Gasteiger charge is -2.23. The first-order valence-electron chi connectivity index (χ1n) is 10.2. The van der Waals surface area contributed by atoms with Gasteiger partial charge in [0.05, 0.1) is 0 Å². The summed E-state index contributed by atoms with van der Waals surface area (Å²) in [5.41, 5.74) is 5.94. The Morgan fingerprint density at radius 2 is 1.79 bits per heavy atom. The van der Waals surface area contributed by atoms with Crippen LogP contribution in [0.25, 0.3) is 21.9 Å². The van der Waals surface area contributed by atoms with Crippen molar-refractivity contribution in [3.8, 4) is 11.1 Å². The van der Waals surface area contributed by atoms with Crippen LogP contribution in [0.1, 0.15) is 27.9 Å². The molecular weight excluding hydrogens is 380 g/mol. The SMILES string of the molecule is Cc1cccc(-c2ccc3cc(C(=O)N4CC[C@H]5CNC[C@H]54)ccc3c2)c1C.Cl. The minimum atomic E-state index is 0. The average molecular weight is 407 g/mol. The van der Waals surface area contributed by atoms with Gasteiger partial charge in [-0.25, -0.2) is 0 Å². The average Bonchev–Trinajstić information content (AvgIpc) is 3.32. The number of nitrogens with zero attached hydrogens (tertiary/aromatic N) is 1. The zero-order valence-corrected chi connectivity index (χ0v) is 17.8. The molecule has 2 fully saturated rings. The summed E-state index contributed by atoms with van der Waals surface area (Å²) in [6.07, 6.45) is 1.12. The van der Waals surface area contributed by atoms with Gasteiger partial charge in [0.2, 0.25) is 0 Å². The molecule has 0 aromatic heterocycles. The normalized spacial score (nSPS) is 20.6. The molecule has 2 heterocycles. The maximum atomic E-state index is 13.1. The number of nitrogens with one attached hydrogen (secondary N) is 1. The molecular formula is C25H27ClN2O. The van der Waals surface area contributed by atoms with Gasteiger partial charge in [0.25, 0.3) is 5.91 Å². The number of carbonyl (C=O) groups excluding carboxylic acids is 1. The summed E-state index contributed by atoms with van der Waals surface area (Å²) in [7, 11) is 0. The highest BCUT2D eigenvalue weighted by molar-refractivity contribution is 5.99. The van der Waals surface area contributed by atoms with Crippen molar-refractivity contribution < 1.29 is 4.79 Å². The first-order chi connectivity index (χ1) is 13.6. The van der Waals surface area contributed by atoms with E-state index in [0.29, 0.717) is 12.0 Å². The Bertz CT molecular complexity index is 1080. The number of hydrogen-bond donors (Lipinski definition) is 1. The zero-order chi connectivity index (χ0) is 19.3. The first-order valence-corrected chi connectivity index (χ1v) is 10.2. The van der Waals surface area contributed by atoms with Crippen molar-refractivity contribution in [2.45, 2.75) is 26.3 Å². The maximum absolute atomic E-state index is 13.1. The molecule has 0 spiro atoms. The van der Waals surface area contributed by atoms with Gasteiger partial charge in [-0.15, -0.1) is 12.4 Å². The van der Waals surface area contributed by atoms with Gasteiger partial charge in [0, 0.05) is 31.2 Å². The van der Waals surface area contributed by atoms with Crippen molar-refractivity contribution in [2.24, 2.45) is 5.92 Å². The van der Waals surface area contributed by atoms with E-state index in [-0.39, 0.29) is 18.3 Å². The summed E-state index contributed by atoms with van der Waals surface area (Å²) in [5, 5.41) is 5.73. The third-order valence-electron chi connectivity index (χ3n) is 6.71. The quantitative estimate of drug-likeness (QED) is 0.651. The topological polar surface area (TPSA) is 32.3 Å². The van der Waals surface area contributed by atoms with E-state index in [0.717, 1.165) is 37.0 Å². The lowest BCUT2D eigenvalue weighted by atomic mass is 9.95. The number of fused-ring (bicyclic) bond motifs is 2. The van der Waals surface area contributed by atoms with Crippen LogP contribution in [0.2, 0.25) is 0 Å². The summed E-state index contributed by atoms with van der Waals surface area (Å²) < 4.78 is 0. The number of likely N-dealkylation sites (tertiary alicyclic amines) is 1. The fraction of sp³-hybridized carbons (Fsp3) is 0.320. The van der Waals surface area contributed by atoms with Crippen LogP contribution in [0.15, 0.2) is 54.6 Å². The molecule has 0 saturated carbocycles. The van der Waals surface area contributed by atoms with Crippen molar-refractivity contribution in [1.82, 2.24) is 10.2 Å². The number of amides is 1. The van der Waals surface area contributed by atoms with Crippen molar-refractivity contribution in [3.63, 3.8) is 0 Å². The van der Waals surface area contributed by atoms with E-state index >= 15 is 0 Å². The minimum Gasteiger partial charge on any atom is -0.334 e. The van der Waals surface area contributed by atoms with E-state index in [1.54, 1.807) is 0 Å². The van der Waals surface area contributed by atoms with Crippen LogP contribution < -0.4 is 5.32 Å². The van der Waals surface area contributed by atoms with Crippen molar-refractivity contribution in [2.75, 3.05) is 19.6 Å². The maximum Gasteiger partial charge on any atom is 0.254 e. The molecule has 150 valence electrons. The highest BCUT2D eigenvalue weighted by Crippen LogP contribution is 2.31. The van der Waals surface area contributed by atoms with E-state index in [4.69, 9.17) is 0 Å². The predicted molar refractivity (Wildman–Crippen MR) is 122 cm³/mol. The molecule has 29 heavy (non-hydrogen) atoms. The Morgan fingerprint density at radius 1 is 1.00 bits per heavy atom. The fourth-order valence-electron chi connectivity index (χ4n) is 4.88. The number of rotatable bonds is 2. The van der Waals surface area contributed by atoms with Crippen LogP contribution in [0.5, 0.6) is 0 Å². The van der Waals surface area contributed by atoms with Gasteiger partial charge in [-0.05, 0) is 77.4 Å². The molecule has 0 aliphatic carbocycles. The van der Waals surface area contributed by atoms with Crippen LogP contribution in [0, 0.1) is 19.8 Å². The molecule has 0 radical (unpaired) electrons. The van der Waals surface area contributed by atoms with Crippen molar-refractivity contribution in [3.05, 3.63) is 71.3 Å². The van der Waals surface area contributed by atoms with Crippen LogP contribution >= 0.6 is 12.4 Å². The molecule has 2 atom stereocenters. The van der Waals surface area contributed by atoms with Gasteiger partial charge in [0.15, 0.2) is 0 Å². The Labute approximate surface area is 178 Å². The summed E-state index contributed by atoms with van der Waals surface area (Å²) >= 11 is 0. The molecule has 4 heteroatoms. The highest BCUT2D eigenvalue weighted by Gasteiger charge is 2.40. The van der Waals surface area contributed by atoms with E-state index in [1.165, 1.54) is 27.6 Å². The van der Waals surface area contributed by atoms with Crippen LogP contribution in [0.4, 0.5) is 0 Å². The predicted octanol–water partition coefficient (Wildman–Crippen LogP) is 4.98. The van der Waals surface area contributed by atoms with Crippen molar-refractivity contribution in [1.29, 1.82) is 0 Å². The molecule has 0 unspecified atom stereocenters. The van der Waals surface area contributed by atoms with E-state index < -0.39 is 0 Å². The molecule has 2 saturated heterocycles. The van der Waals surface area contributed by atoms with Crippen LogP contribution in [-0.2, 0) is 0 Å². The summed E-state index contributed by atoms with van der Waals surface area (Å²) in [6.45, 7) is 7.20. The molecule has 5 rings (SSSR count). The Hall–Kier alpha value is -2.36. The number of benzene rings is 3. The number of aryl methyl sites for hydroxylation is 1. The molecule has 3 aromatic carbocycles. The van der Waals surface area contributed by atoms with Gasteiger partial charge < -0.3 is 10.2 Å². The highest BCUT2D eigenvalue weighted by atomic mass is 35.5. The standard InChI is InChI=1S/C25H26N2O.ClH/c1-16-4-3-5-23(17(16)2)20-8-6-19-13-21(9-7-18(19)12-20)25(28)27-11-10-22-14-26-15-24(22)27;/h3-9,12-13,22,24,26H,10-11,14-15H2,1-2H3;1H/t22-,24+;/m0./s1. The molecule has 1 N–H and O–H groups in total. The Morgan fingerprint density at radius 3 is 2.66 bits per heavy atom. The van der Waals surface area contributed by atoms with Crippen LogP contribution in [0.3, 0.4) is 0 Å². The molecule has 0 bridgehead atoms. The fourth-order valence-corrected chi connectivity index (χ4v) is 4.88. The largest absolute Gasteiger partial charge is 0.334 e. The summed E-state index contributed by atoms with van der Waals surface area (Å²) in [6, 6.07) is 19.5. The van der Waals surface area contributed by atoms with E-state index in [9.17, 15) is 4.79 Å². The summed E-state index contributed by atoms with van der Waals surface area (Å²) in [5.74, 6) is 0.807. The molecule has 3 nitrogen and oxygen atoms in total. The van der Waals surface area contributed by atoms with Gasteiger partial charge in [-0.2, -0.15) is 0 Å². The second-order valence-electron chi connectivity index (χ2n) is 8.30. The Balaban J connectivity index is 0.00000205. The first kappa shape index (κ1) is 19.9. The molecule has 1 amide bonds. The third kappa shape index (κ3) is 3.43.